The molecule has 9 heteroatoms. The number of aromatic hydroxyl groups is 1. The van der Waals surface area contributed by atoms with Crippen molar-refractivity contribution in [2.24, 2.45) is 0 Å². The van der Waals surface area contributed by atoms with Crippen molar-refractivity contribution in [1.82, 2.24) is 4.90 Å². The molecule has 3 rings (SSSR count). The number of rotatable bonds is 7. The Balaban J connectivity index is 1.99. The average Bonchev–Trinajstić information content (AvgIpc) is 2.75. The Kier molecular flexibility index (Phi) is 6.86. The predicted molar refractivity (Wildman–Crippen MR) is 105 cm³/mol. The van der Waals surface area contributed by atoms with Crippen LogP contribution in [0.5, 0.6) is 5.75 Å². The van der Waals surface area contributed by atoms with Crippen LogP contribution in [-0.2, 0) is 20.8 Å². The van der Waals surface area contributed by atoms with Crippen LogP contribution < -0.4 is 5.43 Å². The van der Waals surface area contributed by atoms with Crippen LogP contribution in [0.15, 0.2) is 39.5 Å². The second kappa shape index (κ2) is 9.55. The number of carboxylic acids is 1. The predicted octanol–water partition coefficient (Wildman–Crippen LogP) is 1.57. The summed E-state index contributed by atoms with van der Waals surface area (Å²) in [6.07, 6.45) is -0.194. The molecular weight excluding hydrogens is 394 g/mol. The Labute approximate surface area is 172 Å². The van der Waals surface area contributed by atoms with Crippen LogP contribution in [0.3, 0.4) is 0 Å². The monoisotopic (exact) mass is 417 g/mol. The van der Waals surface area contributed by atoms with Gasteiger partial charge in [0, 0.05) is 19.2 Å². The van der Waals surface area contributed by atoms with Crippen molar-refractivity contribution in [3.63, 3.8) is 0 Å². The largest absolute Gasteiger partial charge is 0.502 e. The van der Waals surface area contributed by atoms with Crippen molar-refractivity contribution in [3.8, 4) is 5.75 Å². The highest BCUT2D eigenvalue weighted by Crippen LogP contribution is 2.33. The van der Waals surface area contributed by atoms with E-state index in [0.717, 1.165) is 0 Å². The van der Waals surface area contributed by atoms with E-state index in [1.165, 1.54) is 37.4 Å². The smallest absolute Gasteiger partial charge is 0.335 e. The topological polar surface area (TPSA) is 127 Å². The molecule has 1 aliphatic rings. The van der Waals surface area contributed by atoms with Crippen molar-refractivity contribution >= 4 is 11.9 Å². The van der Waals surface area contributed by atoms with Crippen molar-refractivity contribution < 1.29 is 33.7 Å². The van der Waals surface area contributed by atoms with E-state index in [-0.39, 0.29) is 17.7 Å². The fourth-order valence-corrected chi connectivity index (χ4v) is 3.32. The fourth-order valence-electron chi connectivity index (χ4n) is 3.32. The lowest BCUT2D eigenvalue weighted by atomic mass is 9.91. The van der Waals surface area contributed by atoms with Gasteiger partial charge in [0.2, 0.25) is 11.2 Å². The number of hydrogen-bond acceptors (Lipinski definition) is 8. The van der Waals surface area contributed by atoms with E-state index in [0.29, 0.717) is 44.2 Å². The number of ether oxygens (including phenoxy) is 2. The van der Waals surface area contributed by atoms with Gasteiger partial charge < -0.3 is 24.1 Å². The minimum Gasteiger partial charge on any atom is -0.502 e. The average molecular weight is 417 g/mol. The van der Waals surface area contributed by atoms with Crippen LogP contribution in [0.4, 0.5) is 0 Å². The summed E-state index contributed by atoms with van der Waals surface area (Å²) in [5.74, 6) is -2.77. The van der Waals surface area contributed by atoms with E-state index in [1.54, 1.807) is 0 Å². The Bertz CT molecular complexity index is 960. The number of hydrogen-bond donors (Lipinski definition) is 2. The maximum Gasteiger partial charge on any atom is 0.335 e. The summed E-state index contributed by atoms with van der Waals surface area (Å²) >= 11 is 0. The molecule has 2 N–H and O–H groups in total. The van der Waals surface area contributed by atoms with Gasteiger partial charge in [-0.2, -0.15) is 0 Å². The molecule has 0 amide bonds. The van der Waals surface area contributed by atoms with Crippen LogP contribution in [-0.4, -0.2) is 60.5 Å². The molecule has 9 nitrogen and oxygen atoms in total. The van der Waals surface area contributed by atoms with E-state index >= 15 is 0 Å². The number of benzene rings is 1. The summed E-state index contributed by atoms with van der Waals surface area (Å²) in [5, 5.41) is 19.5. The molecule has 0 aliphatic carbocycles. The lowest BCUT2D eigenvalue weighted by molar-refractivity contribution is -0.140. The van der Waals surface area contributed by atoms with Gasteiger partial charge in [0.05, 0.1) is 44.8 Å². The van der Waals surface area contributed by atoms with Crippen molar-refractivity contribution in [2.45, 2.75) is 18.9 Å². The molecule has 30 heavy (non-hydrogen) atoms. The van der Waals surface area contributed by atoms with Crippen molar-refractivity contribution in [2.75, 3.05) is 33.4 Å². The lowest BCUT2D eigenvalue weighted by Crippen LogP contribution is -2.35. The molecule has 0 unspecified atom stereocenters. The highest BCUT2D eigenvalue weighted by atomic mass is 16.5. The maximum atomic E-state index is 12.4. The van der Waals surface area contributed by atoms with Crippen LogP contribution in [0.25, 0.3) is 0 Å². The Hall–Kier alpha value is -3.17. The van der Waals surface area contributed by atoms with E-state index in [2.05, 4.69) is 4.90 Å². The highest BCUT2D eigenvalue weighted by molar-refractivity contribution is 5.87. The highest BCUT2D eigenvalue weighted by Gasteiger charge is 2.27. The lowest BCUT2D eigenvalue weighted by Gasteiger charge is -2.26. The number of carbonyl (C=O) groups is 2. The molecule has 2 aromatic rings. The molecular formula is C21H23NO8. The molecule has 0 spiro atoms. The van der Waals surface area contributed by atoms with E-state index in [4.69, 9.17) is 19.0 Å². The second-order valence-corrected chi connectivity index (χ2v) is 6.94. The zero-order chi connectivity index (χ0) is 21.7. The van der Waals surface area contributed by atoms with Crippen LogP contribution in [0.1, 0.15) is 39.8 Å². The second-order valence-electron chi connectivity index (χ2n) is 6.94. The number of nitrogens with zero attached hydrogens (tertiary/aromatic N) is 1. The third kappa shape index (κ3) is 5.05. The minimum absolute atomic E-state index is 0.0563. The van der Waals surface area contributed by atoms with Gasteiger partial charge in [-0.1, -0.05) is 12.1 Å². The van der Waals surface area contributed by atoms with Crippen LogP contribution in [0.2, 0.25) is 0 Å². The van der Waals surface area contributed by atoms with Gasteiger partial charge in [-0.25, -0.2) is 4.79 Å². The van der Waals surface area contributed by atoms with Gasteiger partial charge in [-0.05, 0) is 17.7 Å². The number of aromatic carboxylic acids is 1. The first kappa shape index (κ1) is 21.5. The van der Waals surface area contributed by atoms with Crippen molar-refractivity contribution in [3.05, 3.63) is 63.2 Å². The Morgan fingerprint density at radius 3 is 2.47 bits per heavy atom. The van der Waals surface area contributed by atoms with Gasteiger partial charge in [-0.15, -0.1) is 0 Å². The molecule has 0 saturated carbocycles. The van der Waals surface area contributed by atoms with Gasteiger partial charge in [-0.3, -0.25) is 14.5 Å². The van der Waals surface area contributed by atoms with Gasteiger partial charge in [0.15, 0.2) is 5.76 Å². The zero-order valence-electron chi connectivity index (χ0n) is 16.5. The maximum absolute atomic E-state index is 12.4. The summed E-state index contributed by atoms with van der Waals surface area (Å²) in [6, 6.07) is 7.04. The van der Waals surface area contributed by atoms with Gasteiger partial charge >= 0.3 is 11.9 Å². The first-order chi connectivity index (χ1) is 14.4. The number of carboxylic acid groups (broad SMARTS) is 1. The number of carbonyl (C=O) groups excluding carboxylic acids is 1. The number of morpholine rings is 1. The van der Waals surface area contributed by atoms with Crippen molar-refractivity contribution in [1.29, 1.82) is 0 Å². The minimum atomic E-state index is -1.09. The standard InChI is InChI=1S/C21H23NO8/c1-28-18(24)11-16(13-2-4-14(5-3-13)21(26)27)20-19(25)17(23)10-15(30-20)12-22-6-8-29-9-7-22/h2-5,10,16,25H,6-9,11-12H2,1H3,(H,26,27)/t16-/m1/s1. The molecule has 1 aliphatic heterocycles. The summed E-state index contributed by atoms with van der Waals surface area (Å²) in [5.41, 5.74) is -0.0359. The third-order valence-corrected chi connectivity index (χ3v) is 4.96. The zero-order valence-corrected chi connectivity index (χ0v) is 16.5. The molecule has 0 bridgehead atoms. The third-order valence-electron chi connectivity index (χ3n) is 4.96. The van der Waals surface area contributed by atoms with Gasteiger partial charge in [0.1, 0.15) is 5.76 Å². The van der Waals surface area contributed by atoms with E-state index in [1.807, 2.05) is 0 Å². The van der Waals surface area contributed by atoms with Crippen LogP contribution >= 0.6 is 0 Å². The van der Waals surface area contributed by atoms with Gasteiger partial charge in [0.25, 0.3) is 0 Å². The first-order valence-electron chi connectivity index (χ1n) is 9.45. The van der Waals surface area contributed by atoms with Crippen LogP contribution in [0, 0.1) is 0 Å². The molecule has 0 radical (unpaired) electrons. The summed E-state index contributed by atoms with van der Waals surface area (Å²) in [6.45, 7) is 2.88. The molecule has 160 valence electrons. The SMILES string of the molecule is COC(=O)C[C@H](c1ccc(C(=O)O)cc1)c1oc(CN2CCOCC2)cc(=O)c1O. The Morgan fingerprint density at radius 1 is 1.20 bits per heavy atom. The molecule has 1 saturated heterocycles. The normalized spacial score (nSPS) is 15.5. The fraction of sp³-hybridized carbons (Fsp3) is 0.381. The molecule has 1 aromatic carbocycles. The molecule has 1 atom stereocenters. The number of methoxy groups -OCH3 is 1. The quantitative estimate of drug-likeness (QED) is 0.645. The summed E-state index contributed by atoms with van der Waals surface area (Å²) < 4.78 is 15.9. The Morgan fingerprint density at radius 2 is 1.87 bits per heavy atom. The number of esters is 1. The molecule has 2 heterocycles. The summed E-state index contributed by atoms with van der Waals surface area (Å²) in [4.78, 5) is 37.6. The molecule has 1 aromatic heterocycles. The summed E-state index contributed by atoms with van der Waals surface area (Å²) in [7, 11) is 1.23. The van der Waals surface area contributed by atoms with E-state index in [9.17, 15) is 19.5 Å². The molecule has 1 fully saturated rings. The van der Waals surface area contributed by atoms with E-state index < -0.39 is 29.0 Å². The first-order valence-corrected chi connectivity index (χ1v) is 9.45.